The van der Waals surface area contributed by atoms with E-state index in [0.29, 0.717) is 30.6 Å². The summed E-state index contributed by atoms with van der Waals surface area (Å²) in [5, 5.41) is 0. The van der Waals surface area contributed by atoms with Gasteiger partial charge in [0.25, 0.3) is 10.0 Å². The maximum Gasteiger partial charge on any atom is 0.264 e. The molecule has 4 rings (SSSR count). The highest BCUT2D eigenvalue weighted by Gasteiger charge is 2.30. The van der Waals surface area contributed by atoms with Crippen molar-refractivity contribution in [1.82, 2.24) is 4.90 Å². The molecule has 1 amide bonds. The largest absolute Gasteiger partial charge is 0.341 e. The number of benzene rings is 3. The Bertz CT molecular complexity index is 1200. The minimum absolute atomic E-state index is 0.157. The van der Waals surface area contributed by atoms with Crippen LogP contribution in [0.15, 0.2) is 89.8 Å². The molecule has 0 atom stereocenters. The van der Waals surface area contributed by atoms with E-state index in [4.69, 9.17) is 0 Å². The smallest absolute Gasteiger partial charge is 0.264 e. The lowest BCUT2D eigenvalue weighted by Gasteiger charge is -2.34. The van der Waals surface area contributed by atoms with Crippen LogP contribution in [0, 0.1) is 5.92 Å². The summed E-state index contributed by atoms with van der Waals surface area (Å²) in [5.41, 5.74) is 2.95. The standard InChI is InChI=1S/C29H34N2O3S/c1-23(2)26-13-15-27(16-14-26)31(35(33,34)28-11-7-4-8-12-28)22-29(32)30-19-17-25(18-20-30)21-24-9-5-3-6-10-24/h3-16,23,25H,17-22H2,1-2H3. The molecular formula is C29H34N2O3S. The summed E-state index contributed by atoms with van der Waals surface area (Å²) in [4.78, 5) is 15.3. The summed E-state index contributed by atoms with van der Waals surface area (Å²) in [7, 11) is -3.89. The topological polar surface area (TPSA) is 57.7 Å². The van der Waals surface area contributed by atoms with Gasteiger partial charge in [0.05, 0.1) is 10.6 Å². The predicted molar refractivity (Wildman–Crippen MR) is 141 cm³/mol. The van der Waals surface area contributed by atoms with Crippen molar-refractivity contribution in [3.63, 3.8) is 0 Å². The zero-order valence-corrected chi connectivity index (χ0v) is 21.3. The van der Waals surface area contributed by atoms with Gasteiger partial charge in [0.2, 0.25) is 5.91 Å². The van der Waals surface area contributed by atoms with Gasteiger partial charge in [-0.3, -0.25) is 9.10 Å². The Hall–Kier alpha value is -3.12. The number of hydrogen-bond acceptors (Lipinski definition) is 3. The average Bonchev–Trinajstić information content (AvgIpc) is 2.88. The number of nitrogens with zero attached hydrogens (tertiary/aromatic N) is 2. The van der Waals surface area contributed by atoms with Gasteiger partial charge in [-0.05, 0) is 66.5 Å². The van der Waals surface area contributed by atoms with Gasteiger partial charge in [-0.1, -0.05) is 74.5 Å². The molecule has 3 aromatic carbocycles. The fraction of sp³-hybridized carbons (Fsp3) is 0.345. The molecule has 1 fully saturated rings. The molecule has 0 spiro atoms. The van der Waals surface area contributed by atoms with Crippen molar-refractivity contribution in [3.8, 4) is 0 Å². The minimum Gasteiger partial charge on any atom is -0.341 e. The highest BCUT2D eigenvalue weighted by atomic mass is 32.2. The zero-order chi connectivity index (χ0) is 24.8. The number of likely N-dealkylation sites (tertiary alicyclic amines) is 1. The van der Waals surface area contributed by atoms with Crippen LogP contribution in [0.5, 0.6) is 0 Å². The Morgan fingerprint density at radius 3 is 2.03 bits per heavy atom. The Morgan fingerprint density at radius 2 is 1.46 bits per heavy atom. The van der Waals surface area contributed by atoms with Gasteiger partial charge >= 0.3 is 0 Å². The number of carbonyl (C=O) groups excluding carboxylic acids is 1. The van der Waals surface area contributed by atoms with E-state index in [1.807, 2.05) is 23.1 Å². The quantitative estimate of drug-likeness (QED) is 0.420. The maximum absolute atomic E-state index is 13.6. The molecule has 1 saturated heterocycles. The number of piperidine rings is 1. The van der Waals surface area contributed by atoms with E-state index in [1.54, 1.807) is 42.5 Å². The van der Waals surface area contributed by atoms with Gasteiger partial charge in [-0.25, -0.2) is 8.42 Å². The molecule has 1 heterocycles. The van der Waals surface area contributed by atoms with Gasteiger partial charge in [0, 0.05) is 13.1 Å². The summed E-state index contributed by atoms with van der Waals surface area (Å²) in [6.07, 6.45) is 2.86. The molecule has 1 aliphatic heterocycles. The average molecular weight is 491 g/mol. The molecule has 0 N–H and O–H groups in total. The van der Waals surface area contributed by atoms with Crippen molar-refractivity contribution in [2.45, 2.75) is 43.9 Å². The first-order valence-corrected chi connectivity index (χ1v) is 13.8. The van der Waals surface area contributed by atoms with E-state index in [9.17, 15) is 13.2 Å². The van der Waals surface area contributed by atoms with Crippen LogP contribution in [0.4, 0.5) is 5.69 Å². The number of anilines is 1. The molecule has 3 aromatic rings. The van der Waals surface area contributed by atoms with Crippen LogP contribution in [-0.2, 0) is 21.2 Å². The molecule has 5 nitrogen and oxygen atoms in total. The maximum atomic E-state index is 13.6. The van der Waals surface area contributed by atoms with Crippen LogP contribution in [0.3, 0.4) is 0 Å². The lowest BCUT2D eigenvalue weighted by Crippen LogP contribution is -2.46. The molecule has 6 heteroatoms. The van der Waals surface area contributed by atoms with E-state index < -0.39 is 10.0 Å². The SMILES string of the molecule is CC(C)c1ccc(N(CC(=O)N2CCC(Cc3ccccc3)CC2)S(=O)(=O)c2ccccc2)cc1. The molecule has 1 aliphatic rings. The molecule has 0 bridgehead atoms. The molecular weight excluding hydrogens is 456 g/mol. The van der Waals surface area contributed by atoms with Crippen molar-refractivity contribution in [3.05, 3.63) is 96.1 Å². The number of carbonyl (C=O) groups is 1. The first-order valence-electron chi connectivity index (χ1n) is 12.3. The third-order valence-electron chi connectivity index (χ3n) is 6.79. The van der Waals surface area contributed by atoms with Crippen LogP contribution in [0.25, 0.3) is 0 Å². The van der Waals surface area contributed by atoms with Gasteiger partial charge in [-0.15, -0.1) is 0 Å². The Morgan fingerprint density at radius 1 is 0.886 bits per heavy atom. The Labute approximate surface area is 209 Å². The van der Waals surface area contributed by atoms with Gasteiger partial charge in [-0.2, -0.15) is 0 Å². The first kappa shape index (κ1) is 25.0. The zero-order valence-electron chi connectivity index (χ0n) is 20.5. The second-order valence-corrected chi connectivity index (χ2v) is 11.4. The number of sulfonamides is 1. The van der Waals surface area contributed by atoms with Gasteiger partial charge < -0.3 is 4.90 Å². The highest BCUT2D eigenvalue weighted by Crippen LogP contribution is 2.27. The third-order valence-corrected chi connectivity index (χ3v) is 8.58. The summed E-state index contributed by atoms with van der Waals surface area (Å²) in [6.45, 7) is 5.29. The fourth-order valence-corrected chi connectivity index (χ4v) is 6.05. The van der Waals surface area contributed by atoms with E-state index in [0.717, 1.165) is 24.8 Å². The summed E-state index contributed by atoms with van der Waals surface area (Å²) in [5.74, 6) is 0.715. The number of amides is 1. The van der Waals surface area contributed by atoms with Crippen LogP contribution >= 0.6 is 0 Å². The number of hydrogen-bond donors (Lipinski definition) is 0. The number of rotatable bonds is 8. The molecule has 0 aliphatic carbocycles. The molecule has 0 aromatic heterocycles. The third kappa shape index (κ3) is 6.12. The van der Waals surface area contributed by atoms with Gasteiger partial charge in [0.15, 0.2) is 0 Å². The van der Waals surface area contributed by atoms with E-state index in [-0.39, 0.29) is 17.3 Å². The molecule has 0 saturated carbocycles. The lowest BCUT2D eigenvalue weighted by molar-refractivity contribution is -0.130. The Balaban J connectivity index is 1.49. The Kier molecular flexibility index (Phi) is 7.91. The van der Waals surface area contributed by atoms with Crippen molar-refractivity contribution >= 4 is 21.6 Å². The predicted octanol–water partition coefficient (Wildman–Crippen LogP) is 5.49. The monoisotopic (exact) mass is 490 g/mol. The normalized spacial score (nSPS) is 14.8. The van der Waals surface area contributed by atoms with Gasteiger partial charge in [0.1, 0.15) is 6.54 Å². The van der Waals surface area contributed by atoms with Crippen LogP contribution < -0.4 is 4.31 Å². The van der Waals surface area contributed by atoms with Crippen LogP contribution in [0.1, 0.15) is 43.7 Å². The van der Waals surface area contributed by atoms with Crippen LogP contribution in [-0.4, -0.2) is 38.9 Å². The summed E-state index contributed by atoms with van der Waals surface area (Å²) in [6, 6.07) is 26.2. The minimum atomic E-state index is -3.89. The summed E-state index contributed by atoms with van der Waals surface area (Å²) >= 11 is 0. The highest BCUT2D eigenvalue weighted by molar-refractivity contribution is 7.92. The van der Waals surface area contributed by atoms with E-state index >= 15 is 0 Å². The van der Waals surface area contributed by atoms with Crippen molar-refractivity contribution in [2.24, 2.45) is 5.92 Å². The lowest BCUT2D eigenvalue weighted by atomic mass is 9.90. The van der Waals surface area contributed by atoms with Crippen molar-refractivity contribution in [2.75, 3.05) is 23.9 Å². The van der Waals surface area contributed by atoms with E-state index in [1.165, 1.54) is 9.87 Å². The second-order valence-electron chi connectivity index (χ2n) is 9.58. The molecule has 0 unspecified atom stereocenters. The fourth-order valence-electron chi connectivity index (χ4n) is 4.62. The molecule has 0 radical (unpaired) electrons. The summed E-state index contributed by atoms with van der Waals surface area (Å²) < 4.78 is 28.4. The van der Waals surface area contributed by atoms with Crippen molar-refractivity contribution < 1.29 is 13.2 Å². The van der Waals surface area contributed by atoms with Crippen molar-refractivity contribution in [1.29, 1.82) is 0 Å². The second kappa shape index (κ2) is 11.1. The molecule has 184 valence electrons. The van der Waals surface area contributed by atoms with Crippen LogP contribution in [0.2, 0.25) is 0 Å². The first-order chi connectivity index (χ1) is 16.8. The van der Waals surface area contributed by atoms with E-state index in [2.05, 4.69) is 38.1 Å². The molecule has 35 heavy (non-hydrogen) atoms.